The topological polar surface area (TPSA) is 68.0 Å². The Balaban J connectivity index is 2.50. The average molecular weight is 282 g/mol. The quantitative estimate of drug-likeness (QED) is 0.915. The van der Waals surface area contributed by atoms with Crippen LogP contribution in [0.3, 0.4) is 0 Å². The van der Waals surface area contributed by atoms with Gasteiger partial charge in [-0.05, 0) is 34.5 Å². The Morgan fingerprint density at radius 3 is 2.88 bits per heavy atom. The first-order valence-electron chi connectivity index (χ1n) is 4.50. The number of rotatable bonds is 2. The van der Waals surface area contributed by atoms with Crippen molar-refractivity contribution in [1.29, 1.82) is 0 Å². The van der Waals surface area contributed by atoms with E-state index >= 15 is 0 Å². The van der Waals surface area contributed by atoms with Crippen LogP contribution >= 0.6 is 15.9 Å². The van der Waals surface area contributed by atoms with E-state index in [-0.39, 0.29) is 5.69 Å². The SMILES string of the molecule is Cc1cccc(-n2cc(C(=O)O)nn2)c1Br. The minimum Gasteiger partial charge on any atom is -0.476 e. The van der Waals surface area contributed by atoms with Crippen LogP contribution in [0, 0.1) is 6.92 Å². The van der Waals surface area contributed by atoms with Crippen molar-refractivity contribution in [3.8, 4) is 5.69 Å². The van der Waals surface area contributed by atoms with Crippen LogP contribution in [-0.2, 0) is 0 Å². The van der Waals surface area contributed by atoms with E-state index in [1.165, 1.54) is 10.9 Å². The van der Waals surface area contributed by atoms with Crippen LogP contribution in [0.15, 0.2) is 28.9 Å². The van der Waals surface area contributed by atoms with Crippen molar-refractivity contribution in [2.45, 2.75) is 6.92 Å². The van der Waals surface area contributed by atoms with Crippen molar-refractivity contribution in [3.63, 3.8) is 0 Å². The summed E-state index contributed by atoms with van der Waals surface area (Å²) >= 11 is 3.43. The molecule has 1 aromatic heterocycles. The molecule has 2 rings (SSSR count). The van der Waals surface area contributed by atoms with Crippen LogP contribution in [0.5, 0.6) is 0 Å². The van der Waals surface area contributed by atoms with E-state index in [1.807, 2.05) is 25.1 Å². The Kier molecular flexibility index (Phi) is 2.74. The second-order valence-electron chi connectivity index (χ2n) is 3.26. The Bertz CT molecular complexity index is 551. The predicted molar refractivity (Wildman–Crippen MR) is 60.8 cm³/mol. The lowest BCUT2D eigenvalue weighted by molar-refractivity contribution is 0.0690. The van der Waals surface area contributed by atoms with E-state index in [1.54, 1.807) is 0 Å². The summed E-state index contributed by atoms with van der Waals surface area (Å²) < 4.78 is 2.30. The Hall–Kier alpha value is -1.69. The lowest BCUT2D eigenvalue weighted by Crippen LogP contribution is -1.97. The Morgan fingerprint density at radius 2 is 2.25 bits per heavy atom. The number of aromatic nitrogens is 3. The molecule has 0 aliphatic heterocycles. The van der Waals surface area contributed by atoms with Crippen molar-refractivity contribution in [1.82, 2.24) is 15.0 Å². The number of carbonyl (C=O) groups is 1. The highest BCUT2D eigenvalue weighted by molar-refractivity contribution is 9.10. The molecular formula is C10H8BrN3O2. The number of hydrogen-bond acceptors (Lipinski definition) is 3. The average Bonchev–Trinajstić information content (AvgIpc) is 2.71. The zero-order valence-electron chi connectivity index (χ0n) is 8.38. The number of carboxylic acids is 1. The molecule has 0 amide bonds. The van der Waals surface area contributed by atoms with Gasteiger partial charge in [-0.3, -0.25) is 0 Å². The van der Waals surface area contributed by atoms with Gasteiger partial charge in [0, 0.05) is 4.47 Å². The summed E-state index contributed by atoms with van der Waals surface area (Å²) in [5.74, 6) is -1.09. The molecule has 0 unspecified atom stereocenters. The van der Waals surface area contributed by atoms with Gasteiger partial charge in [-0.25, -0.2) is 9.48 Å². The van der Waals surface area contributed by atoms with Gasteiger partial charge >= 0.3 is 5.97 Å². The van der Waals surface area contributed by atoms with E-state index in [4.69, 9.17) is 5.11 Å². The highest BCUT2D eigenvalue weighted by atomic mass is 79.9. The predicted octanol–water partition coefficient (Wildman–Crippen LogP) is 2.04. The molecule has 0 fully saturated rings. The first-order chi connectivity index (χ1) is 7.59. The molecule has 0 atom stereocenters. The van der Waals surface area contributed by atoms with Crippen molar-refractivity contribution in [2.24, 2.45) is 0 Å². The molecule has 2 aromatic rings. The molecule has 1 aromatic carbocycles. The maximum absolute atomic E-state index is 10.7. The highest BCUT2D eigenvalue weighted by Crippen LogP contribution is 2.23. The highest BCUT2D eigenvalue weighted by Gasteiger charge is 2.11. The lowest BCUT2D eigenvalue weighted by atomic mass is 10.2. The Morgan fingerprint density at radius 1 is 1.50 bits per heavy atom. The van der Waals surface area contributed by atoms with E-state index in [0.29, 0.717) is 0 Å². The second kappa shape index (κ2) is 4.05. The molecule has 0 radical (unpaired) electrons. The van der Waals surface area contributed by atoms with Gasteiger partial charge in [0.05, 0.1) is 11.9 Å². The van der Waals surface area contributed by atoms with Gasteiger partial charge in [0.2, 0.25) is 0 Å². The maximum Gasteiger partial charge on any atom is 0.358 e. The van der Waals surface area contributed by atoms with Crippen LogP contribution in [0.25, 0.3) is 5.69 Å². The molecular weight excluding hydrogens is 274 g/mol. The number of hydrogen-bond donors (Lipinski definition) is 1. The van der Waals surface area contributed by atoms with Crippen molar-refractivity contribution in [3.05, 3.63) is 40.1 Å². The van der Waals surface area contributed by atoms with E-state index in [9.17, 15) is 4.79 Å². The molecule has 0 bridgehead atoms. The molecule has 0 aliphatic carbocycles. The number of benzene rings is 1. The van der Waals surface area contributed by atoms with Gasteiger partial charge in [0.25, 0.3) is 0 Å². The van der Waals surface area contributed by atoms with Crippen molar-refractivity contribution >= 4 is 21.9 Å². The zero-order valence-corrected chi connectivity index (χ0v) is 9.97. The third-order valence-corrected chi connectivity index (χ3v) is 3.16. The summed E-state index contributed by atoms with van der Waals surface area (Å²) in [5, 5.41) is 16.1. The summed E-state index contributed by atoms with van der Waals surface area (Å²) in [5.41, 5.74) is 1.73. The third-order valence-electron chi connectivity index (χ3n) is 2.13. The Labute approximate surface area is 99.8 Å². The van der Waals surface area contributed by atoms with Crippen LogP contribution in [0.4, 0.5) is 0 Å². The molecule has 16 heavy (non-hydrogen) atoms. The first-order valence-corrected chi connectivity index (χ1v) is 5.30. The van der Waals surface area contributed by atoms with Gasteiger partial charge in [-0.2, -0.15) is 0 Å². The zero-order chi connectivity index (χ0) is 11.7. The molecule has 1 N–H and O–H groups in total. The third kappa shape index (κ3) is 1.83. The number of aromatic carboxylic acids is 1. The molecule has 0 saturated heterocycles. The normalized spacial score (nSPS) is 10.4. The van der Waals surface area contributed by atoms with Crippen LogP contribution in [0.2, 0.25) is 0 Å². The van der Waals surface area contributed by atoms with Crippen LogP contribution in [0.1, 0.15) is 16.1 Å². The van der Waals surface area contributed by atoms with Gasteiger partial charge in [0.15, 0.2) is 5.69 Å². The number of halogens is 1. The first kappa shape index (κ1) is 10.8. The fraction of sp³-hybridized carbons (Fsp3) is 0.100. The molecule has 1 heterocycles. The summed E-state index contributed by atoms with van der Waals surface area (Å²) in [6.45, 7) is 1.95. The van der Waals surface area contributed by atoms with E-state index in [2.05, 4.69) is 26.2 Å². The summed E-state index contributed by atoms with van der Waals surface area (Å²) in [7, 11) is 0. The summed E-state index contributed by atoms with van der Waals surface area (Å²) in [6.07, 6.45) is 1.38. The van der Waals surface area contributed by atoms with Crippen molar-refractivity contribution in [2.75, 3.05) is 0 Å². The summed E-state index contributed by atoms with van der Waals surface area (Å²) in [6, 6.07) is 5.65. The monoisotopic (exact) mass is 281 g/mol. The molecule has 6 heteroatoms. The maximum atomic E-state index is 10.7. The van der Waals surface area contributed by atoms with Gasteiger partial charge in [-0.1, -0.05) is 17.3 Å². The van der Waals surface area contributed by atoms with E-state index < -0.39 is 5.97 Å². The van der Waals surface area contributed by atoms with Gasteiger partial charge in [0.1, 0.15) is 0 Å². The molecule has 0 spiro atoms. The van der Waals surface area contributed by atoms with Gasteiger partial charge in [-0.15, -0.1) is 5.10 Å². The largest absolute Gasteiger partial charge is 0.476 e. The minimum absolute atomic E-state index is 0.0755. The number of aryl methyl sites for hydroxylation is 1. The summed E-state index contributed by atoms with van der Waals surface area (Å²) in [4.78, 5) is 10.7. The standard InChI is InChI=1S/C10H8BrN3O2/c1-6-3-2-4-8(9(6)11)14-5-7(10(15)16)12-13-14/h2-5H,1H3,(H,15,16). The van der Waals surface area contributed by atoms with E-state index in [0.717, 1.165) is 15.7 Å². The molecule has 82 valence electrons. The second-order valence-corrected chi connectivity index (χ2v) is 4.05. The fourth-order valence-corrected chi connectivity index (χ4v) is 1.73. The smallest absolute Gasteiger partial charge is 0.358 e. The molecule has 5 nitrogen and oxygen atoms in total. The van der Waals surface area contributed by atoms with Crippen molar-refractivity contribution < 1.29 is 9.90 Å². The number of nitrogens with zero attached hydrogens (tertiary/aromatic N) is 3. The van der Waals surface area contributed by atoms with Crippen LogP contribution < -0.4 is 0 Å². The van der Waals surface area contributed by atoms with Gasteiger partial charge < -0.3 is 5.11 Å². The molecule has 0 saturated carbocycles. The lowest BCUT2D eigenvalue weighted by Gasteiger charge is -2.05. The minimum atomic E-state index is -1.09. The fourth-order valence-electron chi connectivity index (χ4n) is 1.29. The number of carboxylic acid groups (broad SMARTS) is 1. The van der Waals surface area contributed by atoms with Crippen LogP contribution in [-0.4, -0.2) is 26.1 Å². The molecule has 0 aliphatic rings.